The number of carbonyl (C=O) groups is 1. The summed E-state index contributed by atoms with van der Waals surface area (Å²) < 4.78 is 11.8. The van der Waals surface area contributed by atoms with E-state index in [4.69, 9.17) is 21.1 Å². The van der Waals surface area contributed by atoms with E-state index in [1.54, 1.807) is 18.2 Å². The summed E-state index contributed by atoms with van der Waals surface area (Å²) in [7, 11) is 0. The molecular weight excluding hydrogens is 452 g/mol. The van der Waals surface area contributed by atoms with Gasteiger partial charge in [-0.25, -0.2) is 4.98 Å². The molecule has 140 valence electrons. The molecule has 1 amide bonds. The SMILES string of the molecule is CCOc1ccccc1-c1csc(NC(=O)COc2ccc(Cl)cc2Br)n1. The Hall–Kier alpha value is -2.09. The molecule has 27 heavy (non-hydrogen) atoms. The Kier molecular flexibility index (Phi) is 6.71. The third-order valence-electron chi connectivity index (χ3n) is 3.47. The molecule has 1 N–H and O–H groups in total. The van der Waals surface area contributed by atoms with Gasteiger partial charge in [-0.05, 0) is 53.2 Å². The summed E-state index contributed by atoms with van der Waals surface area (Å²) >= 11 is 10.6. The van der Waals surface area contributed by atoms with Crippen LogP contribution in [-0.4, -0.2) is 24.1 Å². The number of hydrogen-bond acceptors (Lipinski definition) is 5. The van der Waals surface area contributed by atoms with Crippen LogP contribution in [0.15, 0.2) is 52.3 Å². The Morgan fingerprint density at radius 1 is 1.22 bits per heavy atom. The maximum Gasteiger partial charge on any atom is 0.264 e. The van der Waals surface area contributed by atoms with Crippen LogP contribution < -0.4 is 14.8 Å². The lowest BCUT2D eigenvalue weighted by Gasteiger charge is -2.08. The van der Waals surface area contributed by atoms with Gasteiger partial charge < -0.3 is 9.47 Å². The first-order valence-corrected chi connectivity index (χ1v) is 10.2. The molecule has 0 aliphatic heterocycles. The zero-order valence-electron chi connectivity index (χ0n) is 14.4. The summed E-state index contributed by atoms with van der Waals surface area (Å²) in [6.45, 7) is 2.37. The molecule has 0 spiro atoms. The molecule has 0 unspecified atom stereocenters. The predicted octanol–water partition coefficient (Wildman–Crippen LogP) is 5.64. The number of thiazole rings is 1. The van der Waals surface area contributed by atoms with Gasteiger partial charge in [0, 0.05) is 16.0 Å². The molecule has 0 aliphatic carbocycles. The van der Waals surface area contributed by atoms with Crippen molar-refractivity contribution in [3.8, 4) is 22.8 Å². The van der Waals surface area contributed by atoms with Crippen LogP contribution >= 0.6 is 38.9 Å². The number of nitrogens with zero attached hydrogens (tertiary/aromatic N) is 1. The van der Waals surface area contributed by atoms with Crippen molar-refractivity contribution in [1.82, 2.24) is 4.98 Å². The summed E-state index contributed by atoms with van der Waals surface area (Å²) in [5, 5.41) is 5.71. The lowest BCUT2D eigenvalue weighted by Crippen LogP contribution is -2.20. The second-order valence-electron chi connectivity index (χ2n) is 5.38. The molecule has 1 heterocycles. The van der Waals surface area contributed by atoms with Crippen molar-refractivity contribution in [2.45, 2.75) is 6.92 Å². The average molecular weight is 468 g/mol. The summed E-state index contributed by atoms with van der Waals surface area (Å²) in [5.41, 5.74) is 1.64. The summed E-state index contributed by atoms with van der Waals surface area (Å²) in [4.78, 5) is 16.6. The van der Waals surface area contributed by atoms with E-state index >= 15 is 0 Å². The fraction of sp³-hybridized carbons (Fsp3) is 0.158. The molecule has 0 radical (unpaired) electrons. The molecule has 3 rings (SSSR count). The molecule has 0 atom stereocenters. The van der Waals surface area contributed by atoms with E-state index in [1.807, 2.05) is 36.6 Å². The van der Waals surface area contributed by atoms with Gasteiger partial charge in [-0.2, -0.15) is 0 Å². The number of anilines is 1. The van der Waals surface area contributed by atoms with Crippen molar-refractivity contribution >= 4 is 49.9 Å². The monoisotopic (exact) mass is 466 g/mol. The Morgan fingerprint density at radius 3 is 2.81 bits per heavy atom. The Bertz CT molecular complexity index is 948. The summed E-state index contributed by atoms with van der Waals surface area (Å²) in [6.07, 6.45) is 0. The van der Waals surface area contributed by atoms with Crippen LogP contribution in [0.4, 0.5) is 5.13 Å². The number of benzene rings is 2. The van der Waals surface area contributed by atoms with Gasteiger partial charge in [-0.1, -0.05) is 23.7 Å². The largest absolute Gasteiger partial charge is 0.493 e. The van der Waals surface area contributed by atoms with E-state index in [1.165, 1.54) is 11.3 Å². The molecule has 1 aromatic heterocycles. The van der Waals surface area contributed by atoms with Crippen LogP contribution in [-0.2, 0) is 4.79 Å². The summed E-state index contributed by atoms with van der Waals surface area (Å²) in [5.74, 6) is 1.01. The van der Waals surface area contributed by atoms with Gasteiger partial charge in [-0.15, -0.1) is 11.3 Å². The van der Waals surface area contributed by atoms with Crippen LogP contribution in [0, 0.1) is 0 Å². The number of hydrogen-bond donors (Lipinski definition) is 1. The molecule has 2 aromatic carbocycles. The second-order valence-corrected chi connectivity index (χ2v) is 7.53. The van der Waals surface area contributed by atoms with Gasteiger partial charge in [0.15, 0.2) is 11.7 Å². The van der Waals surface area contributed by atoms with Gasteiger partial charge in [-0.3, -0.25) is 10.1 Å². The Labute approximate surface area is 174 Å². The quantitative estimate of drug-likeness (QED) is 0.488. The molecule has 8 heteroatoms. The van der Waals surface area contributed by atoms with Gasteiger partial charge in [0.2, 0.25) is 0 Å². The van der Waals surface area contributed by atoms with Crippen molar-refractivity contribution in [3.63, 3.8) is 0 Å². The summed E-state index contributed by atoms with van der Waals surface area (Å²) in [6, 6.07) is 12.8. The number of rotatable bonds is 7. The van der Waals surface area contributed by atoms with Crippen LogP contribution in [0.5, 0.6) is 11.5 Å². The Morgan fingerprint density at radius 2 is 2.04 bits per heavy atom. The highest BCUT2D eigenvalue weighted by molar-refractivity contribution is 9.10. The average Bonchev–Trinajstić information content (AvgIpc) is 3.10. The van der Waals surface area contributed by atoms with Gasteiger partial charge in [0.1, 0.15) is 11.5 Å². The molecule has 0 saturated heterocycles. The number of halogens is 2. The smallest absolute Gasteiger partial charge is 0.264 e. The molecule has 5 nitrogen and oxygen atoms in total. The van der Waals surface area contributed by atoms with Crippen molar-refractivity contribution < 1.29 is 14.3 Å². The third-order valence-corrected chi connectivity index (χ3v) is 5.08. The lowest BCUT2D eigenvalue weighted by molar-refractivity contribution is -0.118. The van der Waals surface area contributed by atoms with Crippen molar-refractivity contribution in [1.29, 1.82) is 0 Å². The van der Waals surface area contributed by atoms with E-state index in [2.05, 4.69) is 26.2 Å². The minimum atomic E-state index is -0.296. The molecular formula is C19H16BrClN2O3S. The molecule has 3 aromatic rings. The fourth-order valence-corrected chi connectivity index (χ4v) is 3.83. The molecule has 0 bridgehead atoms. The fourth-order valence-electron chi connectivity index (χ4n) is 2.31. The normalized spacial score (nSPS) is 10.5. The third kappa shape index (κ3) is 5.22. The van der Waals surface area contributed by atoms with E-state index < -0.39 is 0 Å². The number of carbonyl (C=O) groups excluding carboxylic acids is 1. The van der Waals surface area contributed by atoms with Crippen molar-refractivity contribution in [2.75, 3.05) is 18.5 Å². The van der Waals surface area contributed by atoms with E-state index in [0.29, 0.717) is 27.0 Å². The van der Waals surface area contributed by atoms with Gasteiger partial charge in [0.05, 0.1) is 16.8 Å². The topological polar surface area (TPSA) is 60.5 Å². The highest BCUT2D eigenvalue weighted by Crippen LogP contribution is 2.32. The molecule has 0 aliphatic rings. The number of nitrogens with one attached hydrogen (secondary N) is 1. The standard InChI is InChI=1S/C19H16BrClN2O3S/c1-2-25-16-6-4-3-5-13(16)15-11-27-19(22-15)23-18(24)10-26-17-8-7-12(21)9-14(17)20/h3-9,11H,2,10H2,1H3,(H,22,23,24). The number of para-hydroxylation sites is 1. The van der Waals surface area contributed by atoms with Crippen LogP contribution in [0.2, 0.25) is 5.02 Å². The molecule has 0 saturated carbocycles. The highest BCUT2D eigenvalue weighted by Gasteiger charge is 2.12. The number of aromatic nitrogens is 1. The second kappa shape index (κ2) is 9.21. The van der Waals surface area contributed by atoms with Gasteiger partial charge >= 0.3 is 0 Å². The first-order chi connectivity index (χ1) is 13.1. The Balaban J connectivity index is 1.63. The van der Waals surface area contributed by atoms with Crippen LogP contribution in [0.1, 0.15) is 6.92 Å². The maximum atomic E-state index is 12.1. The lowest BCUT2D eigenvalue weighted by atomic mass is 10.1. The zero-order valence-corrected chi connectivity index (χ0v) is 17.5. The first kappa shape index (κ1) is 19.7. The number of amides is 1. The highest BCUT2D eigenvalue weighted by atomic mass is 79.9. The van der Waals surface area contributed by atoms with Gasteiger partial charge in [0.25, 0.3) is 5.91 Å². The minimum Gasteiger partial charge on any atom is -0.493 e. The van der Waals surface area contributed by atoms with Crippen molar-refractivity contribution in [2.24, 2.45) is 0 Å². The zero-order chi connectivity index (χ0) is 19.2. The number of ether oxygens (including phenoxy) is 2. The van der Waals surface area contributed by atoms with E-state index in [-0.39, 0.29) is 12.5 Å². The predicted molar refractivity (Wildman–Crippen MR) is 112 cm³/mol. The first-order valence-electron chi connectivity index (χ1n) is 8.12. The van der Waals surface area contributed by atoms with E-state index in [0.717, 1.165) is 17.0 Å². The van der Waals surface area contributed by atoms with E-state index in [9.17, 15) is 4.79 Å². The minimum absolute atomic E-state index is 0.134. The van der Waals surface area contributed by atoms with Crippen molar-refractivity contribution in [3.05, 3.63) is 57.3 Å². The van der Waals surface area contributed by atoms with Crippen LogP contribution in [0.3, 0.4) is 0 Å². The van der Waals surface area contributed by atoms with Crippen LogP contribution in [0.25, 0.3) is 11.3 Å². The molecule has 0 fully saturated rings. The maximum absolute atomic E-state index is 12.1.